The maximum Gasteiger partial charge on any atom is 0.433 e. The number of carbonyl (C=O) groups is 1. The Morgan fingerprint density at radius 2 is 2.00 bits per heavy atom. The molecule has 1 rings (SSSR count). The molecule has 94 valence electrons. The van der Waals surface area contributed by atoms with Crippen LogP contribution in [0.25, 0.3) is 0 Å². The molecular formula is C9H5ClF5NO. The monoisotopic (exact) mass is 273 g/mol. The molecule has 0 spiro atoms. The molecule has 0 radical (unpaired) electrons. The van der Waals surface area contributed by atoms with Crippen LogP contribution in [0.2, 0.25) is 0 Å². The average Bonchev–Trinajstić information content (AvgIpc) is 2.25. The molecule has 0 aliphatic heterocycles. The molecule has 0 N–H and O–H groups in total. The Morgan fingerprint density at radius 1 is 1.41 bits per heavy atom. The maximum absolute atomic E-state index is 12.6. The van der Waals surface area contributed by atoms with Crippen molar-refractivity contribution in [2.24, 2.45) is 0 Å². The highest BCUT2D eigenvalue weighted by atomic mass is 35.5. The van der Waals surface area contributed by atoms with E-state index in [9.17, 15) is 26.7 Å². The molecule has 0 bridgehead atoms. The molecule has 0 aliphatic rings. The Bertz CT molecular complexity index is 432. The first-order valence-corrected chi connectivity index (χ1v) is 4.75. The van der Waals surface area contributed by atoms with Crippen molar-refractivity contribution in [3.63, 3.8) is 0 Å². The summed E-state index contributed by atoms with van der Waals surface area (Å²) in [4.78, 5) is 13.2. The minimum atomic E-state index is -5.06. The zero-order valence-electron chi connectivity index (χ0n) is 8.06. The second kappa shape index (κ2) is 4.95. The minimum absolute atomic E-state index is 0.0422. The Kier molecular flexibility index (Phi) is 4.03. The third-order valence-electron chi connectivity index (χ3n) is 1.92. The van der Waals surface area contributed by atoms with Crippen molar-refractivity contribution in [2.45, 2.75) is 18.5 Å². The lowest BCUT2D eigenvalue weighted by Crippen LogP contribution is -2.16. The van der Waals surface area contributed by atoms with E-state index in [1.165, 1.54) is 0 Å². The molecule has 0 saturated carbocycles. The number of hydrogen-bond donors (Lipinski definition) is 0. The summed E-state index contributed by atoms with van der Waals surface area (Å²) in [5.41, 5.74) is -4.09. The molecule has 2 nitrogen and oxygen atoms in total. The largest absolute Gasteiger partial charge is 0.433 e. The van der Waals surface area contributed by atoms with Gasteiger partial charge >= 0.3 is 6.18 Å². The molecule has 1 aromatic rings. The summed E-state index contributed by atoms with van der Waals surface area (Å²) >= 11 is 5.28. The van der Waals surface area contributed by atoms with Gasteiger partial charge < -0.3 is 0 Å². The fraction of sp³-hybridized carbons (Fsp3) is 0.333. The zero-order chi connectivity index (χ0) is 13.2. The molecular weight excluding hydrogens is 269 g/mol. The first kappa shape index (κ1) is 13.8. The van der Waals surface area contributed by atoms with Gasteiger partial charge in [-0.2, -0.15) is 13.2 Å². The van der Waals surface area contributed by atoms with Crippen LogP contribution in [0.3, 0.4) is 0 Å². The van der Waals surface area contributed by atoms with Crippen molar-refractivity contribution in [3.05, 3.63) is 28.6 Å². The number of aromatic nitrogens is 1. The molecule has 0 aliphatic carbocycles. The summed E-state index contributed by atoms with van der Waals surface area (Å²) in [5, 5.41) is 0. The molecule has 17 heavy (non-hydrogen) atoms. The van der Waals surface area contributed by atoms with Crippen molar-refractivity contribution in [3.8, 4) is 0 Å². The zero-order valence-corrected chi connectivity index (χ0v) is 8.82. The molecule has 0 amide bonds. The average molecular weight is 274 g/mol. The number of halogens is 6. The SMILES string of the molecule is O=Cc1cc(CCl)c(C(F)F)c(C(F)(F)F)n1. The Balaban J connectivity index is 3.58. The summed E-state index contributed by atoms with van der Waals surface area (Å²) in [7, 11) is 0. The number of carbonyl (C=O) groups excluding carboxylic acids is 1. The molecule has 0 aromatic carbocycles. The van der Waals surface area contributed by atoms with E-state index in [-0.39, 0.29) is 6.29 Å². The van der Waals surface area contributed by atoms with Crippen LogP contribution in [-0.2, 0) is 12.1 Å². The van der Waals surface area contributed by atoms with Crippen LogP contribution in [0, 0.1) is 0 Å². The van der Waals surface area contributed by atoms with Crippen LogP contribution in [0.5, 0.6) is 0 Å². The number of pyridine rings is 1. The van der Waals surface area contributed by atoms with Gasteiger partial charge in [0.15, 0.2) is 12.0 Å². The summed E-state index contributed by atoms with van der Waals surface area (Å²) < 4.78 is 62.6. The predicted molar refractivity (Wildman–Crippen MR) is 49.1 cm³/mol. The molecule has 0 unspecified atom stereocenters. The van der Waals surface area contributed by atoms with E-state index in [1.807, 2.05) is 0 Å². The van der Waals surface area contributed by atoms with E-state index in [4.69, 9.17) is 11.6 Å². The van der Waals surface area contributed by atoms with E-state index >= 15 is 0 Å². The molecule has 1 aromatic heterocycles. The van der Waals surface area contributed by atoms with Crippen LogP contribution < -0.4 is 0 Å². The van der Waals surface area contributed by atoms with Crippen molar-refractivity contribution in [1.82, 2.24) is 4.98 Å². The number of rotatable bonds is 3. The van der Waals surface area contributed by atoms with E-state index in [2.05, 4.69) is 4.98 Å². The van der Waals surface area contributed by atoms with Crippen molar-refractivity contribution in [1.29, 1.82) is 0 Å². The lowest BCUT2D eigenvalue weighted by atomic mass is 10.1. The molecule has 0 atom stereocenters. The number of hydrogen-bond acceptors (Lipinski definition) is 2. The minimum Gasteiger partial charge on any atom is -0.296 e. The summed E-state index contributed by atoms with van der Waals surface area (Å²) in [5.74, 6) is -0.563. The topological polar surface area (TPSA) is 30.0 Å². The van der Waals surface area contributed by atoms with Gasteiger partial charge in [-0.25, -0.2) is 13.8 Å². The van der Waals surface area contributed by atoms with E-state index in [0.29, 0.717) is 0 Å². The van der Waals surface area contributed by atoms with Crippen LogP contribution >= 0.6 is 11.6 Å². The third kappa shape index (κ3) is 2.91. The lowest BCUT2D eigenvalue weighted by Gasteiger charge is -2.14. The van der Waals surface area contributed by atoms with Gasteiger partial charge in [-0.1, -0.05) is 0 Å². The second-order valence-corrected chi connectivity index (χ2v) is 3.29. The van der Waals surface area contributed by atoms with Crippen molar-refractivity contribution in [2.75, 3.05) is 0 Å². The smallest absolute Gasteiger partial charge is 0.296 e. The van der Waals surface area contributed by atoms with Crippen molar-refractivity contribution < 1.29 is 26.7 Å². The third-order valence-corrected chi connectivity index (χ3v) is 2.20. The highest BCUT2D eigenvalue weighted by Crippen LogP contribution is 2.37. The van der Waals surface area contributed by atoms with Crippen LogP contribution in [0.15, 0.2) is 6.07 Å². The maximum atomic E-state index is 12.6. The highest BCUT2D eigenvalue weighted by Gasteiger charge is 2.39. The van der Waals surface area contributed by atoms with Gasteiger partial charge in [-0.05, 0) is 11.6 Å². The molecule has 0 saturated heterocycles. The fourth-order valence-corrected chi connectivity index (χ4v) is 1.48. The van der Waals surface area contributed by atoms with Gasteiger partial charge in [0.05, 0.1) is 5.56 Å². The van der Waals surface area contributed by atoms with E-state index in [0.717, 1.165) is 6.07 Å². The van der Waals surface area contributed by atoms with Crippen molar-refractivity contribution >= 4 is 17.9 Å². The Morgan fingerprint density at radius 3 is 2.35 bits per heavy atom. The first-order valence-electron chi connectivity index (χ1n) is 4.21. The quantitative estimate of drug-likeness (QED) is 0.478. The summed E-state index contributed by atoms with van der Waals surface area (Å²) in [6, 6.07) is 0.816. The summed E-state index contributed by atoms with van der Waals surface area (Å²) in [6.45, 7) is 0. The number of nitrogens with zero attached hydrogens (tertiary/aromatic N) is 1. The molecule has 1 heterocycles. The molecule has 0 fully saturated rings. The number of alkyl halides is 6. The van der Waals surface area contributed by atoms with E-state index < -0.39 is 41.0 Å². The summed E-state index contributed by atoms with van der Waals surface area (Å²) in [6.07, 6.45) is -8.39. The van der Waals surface area contributed by atoms with E-state index in [1.54, 1.807) is 0 Å². The fourth-order valence-electron chi connectivity index (χ4n) is 1.26. The predicted octanol–water partition coefficient (Wildman–Crippen LogP) is 3.59. The van der Waals surface area contributed by atoms with Crippen LogP contribution in [0.1, 0.15) is 33.7 Å². The van der Waals surface area contributed by atoms with Gasteiger partial charge in [-0.15, -0.1) is 11.6 Å². The van der Waals surface area contributed by atoms with Gasteiger partial charge in [0.1, 0.15) is 5.69 Å². The van der Waals surface area contributed by atoms with Crippen LogP contribution in [-0.4, -0.2) is 11.3 Å². The van der Waals surface area contributed by atoms with Gasteiger partial charge in [0, 0.05) is 5.88 Å². The van der Waals surface area contributed by atoms with Crippen LogP contribution in [0.4, 0.5) is 22.0 Å². The molecule has 8 heteroatoms. The lowest BCUT2D eigenvalue weighted by molar-refractivity contribution is -0.143. The highest BCUT2D eigenvalue weighted by molar-refractivity contribution is 6.17. The van der Waals surface area contributed by atoms with Gasteiger partial charge in [-0.3, -0.25) is 4.79 Å². The second-order valence-electron chi connectivity index (χ2n) is 3.02. The van der Waals surface area contributed by atoms with Gasteiger partial charge in [0.2, 0.25) is 0 Å². The standard InChI is InChI=1S/C9H5ClF5NO/c10-2-4-1-5(3-17)16-7(9(13,14)15)6(4)8(11)12/h1,3,8H,2H2. The Hall–Kier alpha value is -1.24. The van der Waals surface area contributed by atoms with Gasteiger partial charge in [0.25, 0.3) is 6.43 Å². The Labute approximate surface area is 97.4 Å². The normalized spacial score (nSPS) is 11.9. The first-order chi connectivity index (χ1) is 7.81. The number of aldehydes is 1.